The van der Waals surface area contributed by atoms with Crippen molar-refractivity contribution >= 4 is 24.0 Å². The van der Waals surface area contributed by atoms with E-state index in [1.807, 2.05) is 54.6 Å². The van der Waals surface area contributed by atoms with Gasteiger partial charge < -0.3 is 10.1 Å². The third-order valence-electron chi connectivity index (χ3n) is 4.72. The summed E-state index contributed by atoms with van der Waals surface area (Å²) in [6.45, 7) is 0.560. The van der Waals surface area contributed by atoms with E-state index in [1.54, 1.807) is 31.0 Å². The number of carbonyl (C=O) groups excluding carboxylic acids is 1. The summed E-state index contributed by atoms with van der Waals surface area (Å²) in [5.74, 6) is 2.57. The van der Waals surface area contributed by atoms with Crippen LogP contribution in [0.25, 0.3) is 11.4 Å². The lowest BCUT2D eigenvalue weighted by Crippen LogP contribution is -2.07. The van der Waals surface area contributed by atoms with Gasteiger partial charge in [0, 0.05) is 23.4 Å². The first kappa shape index (κ1) is 21.5. The van der Waals surface area contributed by atoms with Crippen molar-refractivity contribution in [2.75, 3.05) is 12.4 Å². The first-order chi connectivity index (χ1) is 15.7. The molecule has 1 aromatic heterocycles. The van der Waals surface area contributed by atoms with E-state index in [0.29, 0.717) is 29.0 Å². The summed E-state index contributed by atoms with van der Waals surface area (Å²) in [6, 6.07) is 25.2. The molecule has 0 saturated heterocycles. The molecule has 3 aromatic carbocycles. The van der Waals surface area contributed by atoms with E-state index >= 15 is 0 Å². The molecule has 0 aliphatic rings. The number of hydrogen-bond donors (Lipinski definition) is 1. The highest BCUT2D eigenvalue weighted by atomic mass is 32.2. The molecule has 1 heterocycles. The minimum Gasteiger partial charge on any atom is -0.497 e. The molecule has 0 radical (unpaired) electrons. The highest BCUT2D eigenvalue weighted by Gasteiger charge is 2.10. The summed E-state index contributed by atoms with van der Waals surface area (Å²) in [5.41, 5.74) is 3.62. The Kier molecular flexibility index (Phi) is 7.09. The zero-order valence-corrected chi connectivity index (χ0v) is 18.4. The van der Waals surface area contributed by atoms with E-state index in [1.165, 1.54) is 5.56 Å². The third kappa shape index (κ3) is 5.70. The molecule has 6 nitrogen and oxygen atoms in total. The number of nitrogens with one attached hydrogen (secondary N) is 1. The molecule has 0 aliphatic carbocycles. The molecule has 0 bridgehead atoms. The van der Waals surface area contributed by atoms with Crippen molar-refractivity contribution in [3.8, 4) is 17.1 Å². The van der Waals surface area contributed by atoms with Gasteiger partial charge in [-0.05, 0) is 29.3 Å². The van der Waals surface area contributed by atoms with Gasteiger partial charge in [0.15, 0.2) is 11.0 Å². The zero-order valence-electron chi connectivity index (χ0n) is 17.6. The normalized spacial score (nSPS) is 10.5. The van der Waals surface area contributed by atoms with Gasteiger partial charge in [-0.3, -0.25) is 4.79 Å². The van der Waals surface area contributed by atoms with E-state index < -0.39 is 0 Å². The second kappa shape index (κ2) is 10.5. The molecule has 0 unspecified atom stereocenters. The number of rotatable bonds is 9. The number of nitrogens with zero attached hydrogens (tertiary/aromatic N) is 3. The van der Waals surface area contributed by atoms with Gasteiger partial charge in [0.1, 0.15) is 12.0 Å². The van der Waals surface area contributed by atoms with Crippen molar-refractivity contribution in [2.45, 2.75) is 17.5 Å². The molecule has 0 fully saturated rings. The van der Waals surface area contributed by atoms with Crippen molar-refractivity contribution in [2.24, 2.45) is 0 Å². The number of aldehydes is 1. The SMILES string of the molecule is COc1ccc(CNc2nc(SCc3ccccc3)nc(-c3cccc(C=O)c3)n2)cc1. The standard InChI is InChI=1S/C25H22N4O2S/c1-31-22-12-10-18(11-13-22)15-26-24-27-23(21-9-5-8-20(14-21)16-30)28-25(29-24)32-17-19-6-3-2-4-7-19/h2-14,16H,15,17H2,1H3,(H,26,27,28,29). The van der Waals surface area contributed by atoms with E-state index in [2.05, 4.69) is 32.4 Å². The Balaban J connectivity index is 1.58. The van der Waals surface area contributed by atoms with E-state index in [0.717, 1.165) is 28.9 Å². The van der Waals surface area contributed by atoms with E-state index in [4.69, 9.17) is 4.74 Å². The van der Waals surface area contributed by atoms with Crippen LogP contribution >= 0.6 is 11.8 Å². The van der Waals surface area contributed by atoms with Gasteiger partial charge in [-0.15, -0.1) is 0 Å². The lowest BCUT2D eigenvalue weighted by atomic mass is 10.1. The lowest BCUT2D eigenvalue weighted by Gasteiger charge is -2.10. The number of ether oxygens (including phenoxy) is 1. The molecule has 0 atom stereocenters. The minimum absolute atomic E-state index is 0.484. The number of hydrogen-bond acceptors (Lipinski definition) is 7. The number of benzene rings is 3. The predicted molar refractivity (Wildman–Crippen MR) is 127 cm³/mol. The zero-order chi connectivity index (χ0) is 22.2. The van der Waals surface area contributed by atoms with Crippen LogP contribution in [0.4, 0.5) is 5.95 Å². The van der Waals surface area contributed by atoms with E-state index in [-0.39, 0.29) is 0 Å². The summed E-state index contributed by atoms with van der Waals surface area (Å²) in [4.78, 5) is 25.0. The Bertz CT molecular complexity index is 1180. The first-order valence-electron chi connectivity index (χ1n) is 10.1. The Morgan fingerprint density at radius 3 is 2.47 bits per heavy atom. The summed E-state index contributed by atoms with van der Waals surface area (Å²) in [5, 5.41) is 3.91. The average molecular weight is 443 g/mol. The van der Waals surface area contributed by atoms with Gasteiger partial charge in [0.05, 0.1) is 7.11 Å². The van der Waals surface area contributed by atoms with Gasteiger partial charge in [0.25, 0.3) is 0 Å². The third-order valence-corrected chi connectivity index (χ3v) is 5.63. The van der Waals surface area contributed by atoms with E-state index in [9.17, 15) is 4.79 Å². The van der Waals surface area contributed by atoms with Gasteiger partial charge in [-0.2, -0.15) is 9.97 Å². The second-order valence-corrected chi connectivity index (χ2v) is 7.93. The highest BCUT2D eigenvalue weighted by molar-refractivity contribution is 7.98. The number of thioether (sulfide) groups is 1. The quantitative estimate of drug-likeness (QED) is 0.280. The molecular formula is C25H22N4O2S. The smallest absolute Gasteiger partial charge is 0.227 e. The molecular weight excluding hydrogens is 420 g/mol. The van der Waals surface area contributed by atoms with Gasteiger partial charge in [0.2, 0.25) is 5.95 Å². The number of anilines is 1. The maximum atomic E-state index is 11.2. The van der Waals surface area contributed by atoms with Gasteiger partial charge in [-0.25, -0.2) is 4.98 Å². The molecule has 32 heavy (non-hydrogen) atoms. The van der Waals surface area contributed by atoms with Crippen LogP contribution < -0.4 is 10.1 Å². The van der Waals surface area contributed by atoms with Crippen LogP contribution in [0.3, 0.4) is 0 Å². The summed E-state index contributed by atoms with van der Waals surface area (Å²) < 4.78 is 5.21. The van der Waals surface area contributed by atoms with Gasteiger partial charge in [-0.1, -0.05) is 72.4 Å². The van der Waals surface area contributed by atoms with Crippen molar-refractivity contribution < 1.29 is 9.53 Å². The molecule has 0 amide bonds. The summed E-state index contributed by atoms with van der Waals surface area (Å²) in [6.07, 6.45) is 0.818. The fraction of sp³-hybridized carbons (Fsp3) is 0.120. The van der Waals surface area contributed by atoms with Gasteiger partial charge >= 0.3 is 0 Å². The van der Waals surface area contributed by atoms with Crippen molar-refractivity contribution in [3.05, 3.63) is 95.6 Å². The predicted octanol–water partition coefficient (Wildman–Crippen LogP) is 5.26. The molecule has 0 spiro atoms. The van der Waals surface area contributed by atoms with Crippen LogP contribution in [0, 0.1) is 0 Å². The second-order valence-electron chi connectivity index (χ2n) is 6.98. The van der Waals surface area contributed by atoms with Crippen molar-refractivity contribution in [1.29, 1.82) is 0 Å². The van der Waals surface area contributed by atoms with Crippen LogP contribution in [0.5, 0.6) is 5.75 Å². The fourth-order valence-corrected chi connectivity index (χ4v) is 3.82. The number of methoxy groups -OCH3 is 1. The maximum Gasteiger partial charge on any atom is 0.227 e. The molecule has 1 N–H and O–H groups in total. The fourth-order valence-electron chi connectivity index (χ4n) is 3.03. The van der Waals surface area contributed by atoms with Crippen LogP contribution in [0.2, 0.25) is 0 Å². The van der Waals surface area contributed by atoms with Crippen molar-refractivity contribution in [3.63, 3.8) is 0 Å². The van der Waals surface area contributed by atoms with Crippen molar-refractivity contribution in [1.82, 2.24) is 15.0 Å². The lowest BCUT2D eigenvalue weighted by molar-refractivity contribution is 0.112. The Morgan fingerprint density at radius 2 is 1.72 bits per heavy atom. The number of carbonyl (C=O) groups is 1. The Hall–Kier alpha value is -3.71. The molecule has 4 rings (SSSR count). The molecule has 0 saturated carbocycles. The molecule has 4 aromatic rings. The summed E-state index contributed by atoms with van der Waals surface area (Å²) in [7, 11) is 1.65. The summed E-state index contributed by atoms with van der Waals surface area (Å²) >= 11 is 1.54. The maximum absolute atomic E-state index is 11.2. The topological polar surface area (TPSA) is 77.0 Å². The molecule has 160 valence electrons. The monoisotopic (exact) mass is 442 g/mol. The minimum atomic E-state index is 0.484. The highest BCUT2D eigenvalue weighted by Crippen LogP contribution is 2.24. The van der Waals surface area contributed by atoms with Crippen LogP contribution in [0.1, 0.15) is 21.5 Å². The van der Waals surface area contributed by atoms with Crippen LogP contribution in [-0.4, -0.2) is 28.3 Å². The Labute approximate surface area is 191 Å². The first-order valence-corrected chi connectivity index (χ1v) is 11.1. The number of aromatic nitrogens is 3. The van der Waals surface area contributed by atoms with Crippen LogP contribution in [-0.2, 0) is 12.3 Å². The molecule has 7 heteroatoms. The largest absolute Gasteiger partial charge is 0.497 e. The molecule has 0 aliphatic heterocycles. The van der Waals surface area contributed by atoms with Crippen LogP contribution in [0.15, 0.2) is 84.0 Å². The Morgan fingerprint density at radius 1 is 0.906 bits per heavy atom. The average Bonchev–Trinajstić information content (AvgIpc) is 2.87.